The lowest BCUT2D eigenvalue weighted by atomic mass is 9.97. The summed E-state index contributed by atoms with van der Waals surface area (Å²) in [5.41, 5.74) is 1.55. The summed E-state index contributed by atoms with van der Waals surface area (Å²) in [6, 6.07) is 7.57. The number of carboxylic acids is 1. The molecule has 3 heteroatoms. The summed E-state index contributed by atoms with van der Waals surface area (Å²) in [5, 5.41) is 12.2. The first-order chi connectivity index (χ1) is 7.27. The third-order valence-corrected chi connectivity index (χ3v) is 2.87. The average Bonchev–Trinajstić information content (AvgIpc) is 2.30. The predicted molar refractivity (Wildman–Crippen MR) is 58.0 cm³/mol. The Labute approximate surface area is 89.1 Å². The summed E-state index contributed by atoms with van der Waals surface area (Å²) in [7, 11) is 0. The molecule has 0 bridgehead atoms. The van der Waals surface area contributed by atoms with E-state index >= 15 is 0 Å². The summed E-state index contributed by atoms with van der Waals surface area (Å²) in [5.74, 6) is -0.863. The van der Waals surface area contributed by atoms with Crippen LogP contribution < -0.4 is 5.32 Å². The third kappa shape index (κ3) is 2.36. The number of rotatable bonds is 2. The lowest BCUT2D eigenvalue weighted by Crippen LogP contribution is -2.26. The van der Waals surface area contributed by atoms with Crippen LogP contribution in [0.5, 0.6) is 0 Å². The first kappa shape index (κ1) is 10.2. The van der Waals surface area contributed by atoms with Crippen LogP contribution in [0, 0.1) is 0 Å². The Bertz CT molecular complexity index is 339. The predicted octanol–water partition coefficient (Wildman–Crippen LogP) is 2.20. The van der Waals surface area contributed by atoms with Gasteiger partial charge in [0.2, 0.25) is 0 Å². The van der Waals surface area contributed by atoms with E-state index in [0.29, 0.717) is 11.6 Å². The molecule has 0 radical (unpaired) electrons. The van der Waals surface area contributed by atoms with Gasteiger partial charge in [0.15, 0.2) is 0 Å². The molecule has 1 aliphatic heterocycles. The summed E-state index contributed by atoms with van der Waals surface area (Å²) in [6.07, 6.45) is 3.63. The first-order valence-electron chi connectivity index (χ1n) is 5.34. The van der Waals surface area contributed by atoms with Gasteiger partial charge >= 0.3 is 5.97 Å². The molecule has 0 aliphatic carbocycles. The molecular formula is C12H15NO2. The normalized spacial score (nSPS) is 21.2. The highest BCUT2D eigenvalue weighted by molar-refractivity contribution is 5.87. The number of benzene rings is 1. The van der Waals surface area contributed by atoms with E-state index < -0.39 is 5.97 Å². The van der Waals surface area contributed by atoms with Crippen molar-refractivity contribution in [2.45, 2.75) is 25.3 Å². The van der Waals surface area contributed by atoms with Gasteiger partial charge in [-0.25, -0.2) is 4.79 Å². The number of nitrogens with one attached hydrogen (secondary N) is 1. The second-order valence-corrected chi connectivity index (χ2v) is 3.93. The molecule has 1 aromatic rings. The summed E-state index contributed by atoms with van der Waals surface area (Å²) in [4.78, 5) is 10.7. The summed E-state index contributed by atoms with van der Waals surface area (Å²) in [6.45, 7) is 1.06. The number of piperidine rings is 1. The van der Waals surface area contributed by atoms with Crippen LogP contribution in [0.4, 0.5) is 0 Å². The molecule has 1 heterocycles. The van der Waals surface area contributed by atoms with E-state index in [1.165, 1.54) is 18.4 Å². The average molecular weight is 205 g/mol. The van der Waals surface area contributed by atoms with Crippen molar-refractivity contribution in [2.75, 3.05) is 6.54 Å². The number of carbonyl (C=O) groups is 1. The van der Waals surface area contributed by atoms with Gasteiger partial charge < -0.3 is 10.4 Å². The van der Waals surface area contributed by atoms with Gasteiger partial charge in [-0.05, 0) is 37.1 Å². The van der Waals surface area contributed by atoms with Gasteiger partial charge in [0, 0.05) is 6.04 Å². The Morgan fingerprint density at radius 1 is 1.27 bits per heavy atom. The van der Waals surface area contributed by atoms with Gasteiger partial charge in [0.25, 0.3) is 0 Å². The summed E-state index contributed by atoms with van der Waals surface area (Å²) < 4.78 is 0. The molecule has 1 fully saturated rings. The van der Waals surface area contributed by atoms with Crippen LogP contribution in [0.1, 0.15) is 41.2 Å². The second-order valence-electron chi connectivity index (χ2n) is 3.93. The molecule has 1 aliphatic rings. The van der Waals surface area contributed by atoms with Gasteiger partial charge in [0.05, 0.1) is 5.56 Å². The molecule has 1 saturated heterocycles. The van der Waals surface area contributed by atoms with E-state index in [1.807, 2.05) is 12.1 Å². The second kappa shape index (κ2) is 4.45. The van der Waals surface area contributed by atoms with E-state index in [2.05, 4.69) is 5.32 Å². The minimum absolute atomic E-state index is 0.356. The van der Waals surface area contributed by atoms with Crippen molar-refractivity contribution < 1.29 is 9.90 Å². The molecule has 2 rings (SSSR count). The Morgan fingerprint density at radius 2 is 2.00 bits per heavy atom. The molecular weight excluding hydrogens is 190 g/mol. The maximum Gasteiger partial charge on any atom is 0.335 e. The quantitative estimate of drug-likeness (QED) is 0.778. The maximum absolute atomic E-state index is 10.7. The molecule has 0 amide bonds. The molecule has 15 heavy (non-hydrogen) atoms. The van der Waals surface area contributed by atoms with Crippen LogP contribution in [0.3, 0.4) is 0 Å². The van der Waals surface area contributed by atoms with Crippen LogP contribution in [0.2, 0.25) is 0 Å². The molecule has 0 saturated carbocycles. The van der Waals surface area contributed by atoms with Crippen molar-refractivity contribution in [1.29, 1.82) is 0 Å². The Hall–Kier alpha value is -1.35. The lowest BCUT2D eigenvalue weighted by molar-refractivity contribution is 0.0697. The minimum atomic E-state index is -0.863. The van der Waals surface area contributed by atoms with E-state index in [9.17, 15) is 4.79 Å². The van der Waals surface area contributed by atoms with E-state index in [1.54, 1.807) is 12.1 Å². The zero-order valence-electron chi connectivity index (χ0n) is 8.57. The fraction of sp³-hybridized carbons (Fsp3) is 0.417. The molecule has 1 atom stereocenters. The Morgan fingerprint density at radius 3 is 2.53 bits per heavy atom. The standard InChI is InChI=1S/C12H15NO2/c14-12(15)10-6-4-9(5-7-10)11-3-1-2-8-13-11/h4-7,11,13H,1-3,8H2,(H,14,15)/t11-/m0/s1. The van der Waals surface area contributed by atoms with Crippen LogP contribution in [0.25, 0.3) is 0 Å². The van der Waals surface area contributed by atoms with E-state index in [-0.39, 0.29) is 0 Å². The van der Waals surface area contributed by atoms with Gasteiger partial charge in [0.1, 0.15) is 0 Å². The fourth-order valence-corrected chi connectivity index (χ4v) is 1.99. The van der Waals surface area contributed by atoms with Crippen molar-refractivity contribution in [3.05, 3.63) is 35.4 Å². The first-order valence-corrected chi connectivity index (χ1v) is 5.34. The summed E-state index contributed by atoms with van der Waals surface area (Å²) >= 11 is 0. The highest BCUT2D eigenvalue weighted by atomic mass is 16.4. The van der Waals surface area contributed by atoms with Gasteiger partial charge in [-0.1, -0.05) is 18.6 Å². The zero-order chi connectivity index (χ0) is 10.7. The van der Waals surface area contributed by atoms with Crippen LogP contribution in [-0.4, -0.2) is 17.6 Å². The van der Waals surface area contributed by atoms with Crippen LogP contribution in [0.15, 0.2) is 24.3 Å². The van der Waals surface area contributed by atoms with E-state index in [0.717, 1.165) is 13.0 Å². The SMILES string of the molecule is O=C(O)c1ccc([C@@H]2CCCCN2)cc1. The molecule has 0 spiro atoms. The van der Waals surface area contributed by atoms with Crippen LogP contribution >= 0.6 is 0 Å². The highest BCUT2D eigenvalue weighted by Crippen LogP contribution is 2.22. The monoisotopic (exact) mass is 205 g/mol. The molecule has 2 N–H and O–H groups in total. The van der Waals surface area contributed by atoms with Crippen molar-refractivity contribution in [2.24, 2.45) is 0 Å². The van der Waals surface area contributed by atoms with Crippen molar-refractivity contribution in [1.82, 2.24) is 5.32 Å². The lowest BCUT2D eigenvalue weighted by Gasteiger charge is -2.23. The zero-order valence-corrected chi connectivity index (χ0v) is 8.57. The number of aromatic carboxylic acids is 1. The third-order valence-electron chi connectivity index (χ3n) is 2.87. The molecule has 0 unspecified atom stereocenters. The number of hydrogen-bond acceptors (Lipinski definition) is 2. The van der Waals surface area contributed by atoms with Gasteiger partial charge in [-0.3, -0.25) is 0 Å². The van der Waals surface area contributed by atoms with Crippen LogP contribution in [-0.2, 0) is 0 Å². The topological polar surface area (TPSA) is 49.3 Å². The molecule has 3 nitrogen and oxygen atoms in total. The fourth-order valence-electron chi connectivity index (χ4n) is 1.99. The number of hydrogen-bond donors (Lipinski definition) is 2. The molecule has 0 aromatic heterocycles. The molecule has 1 aromatic carbocycles. The minimum Gasteiger partial charge on any atom is -0.478 e. The molecule has 80 valence electrons. The largest absolute Gasteiger partial charge is 0.478 e. The van der Waals surface area contributed by atoms with Gasteiger partial charge in [-0.2, -0.15) is 0 Å². The maximum atomic E-state index is 10.7. The number of carboxylic acid groups (broad SMARTS) is 1. The smallest absolute Gasteiger partial charge is 0.335 e. The Balaban J connectivity index is 2.11. The Kier molecular flexibility index (Phi) is 3.02. The van der Waals surface area contributed by atoms with Crippen molar-refractivity contribution in [3.8, 4) is 0 Å². The van der Waals surface area contributed by atoms with Gasteiger partial charge in [-0.15, -0.1) is 0 Å². The van der Waals surface area contributed by atoms with Crippen molar-refractivity contribution >= 4 is 5.97 Å². The van der Waals surface area contributed by atoms with E-state index in [4.69, 9.17) is 5.11 Å². The van der Waals surface area contributed by atoms with Crippen molar-refractivity contribution in [3.63, 3.8) is 0 Å². The highest BCUT2D eigenvalue weighted by Gasteiger charge is 2.14.